The molecule has 1 unspecified atom stereocenters. The monoisotopic (exact) mass is 203 g/mol. The van der Waals surface area contributed by atoms with Crippen molar-refractivity contribution in [1.29, 1.82) is 0 Å². The molecule has 0 amide bonds. The maximum absolute atomic E-state index is 5.64. The zero-order chi connectivity index (χ0) is 10.7. The van der Waals surface area contributed by atoms with E-state index in [9.17, 15) is 0 Å². The minimum Gasteiger partial charge on any atom is -0.497 e. The van der Waals surface area contributed by atoms with Gasteiger partial charge in [0.15, 0.2) is 6.29 Å². The molecule has 1 aliphatic heterocycles. The molecule has 4 heteroatoms. The van der Waals surface area contributed by atoms with Crippen molar-refractivity contribution < 1.29 is 4.74 Å². The summed E-state index contributed by atoms with van der Waals surface area (Å²) in [6.45, 7) is 0. The van der Waals surface area contributed by atoms with Crippen molar-refractivity contribution in [3.05, 3.63) is 35.9 Å². The third-order valence-electron chi connectivity index (χ3n) is 2.19. The van der Waals surface area contributed by atoms with Gasteiger partial charge in [0, 0.05) is 11.9 Å². The van der Waals surface area contributed by atoms with Crippen LogP contribution in [0, 0.1) is 0 Å². The van der Waals surface area contributed by atoms with Crippen molar-refractivity contribution in [1.82, 2.24) is 5.32 Å². The van der Waals surface area contributed by atoms with E-state index in [1.165, 1.54) is 0 Å². The second kappa shape index (κ2) is 4.14. The van der Waals surface area contributed by atoms with Crippen molar-refractivity contribution in [2.75, 3.05) is 7.11 Å². The molecule has 0 fully saturated rings. The number of hydrogen-bond acceptors (Lipinski definition) is 4. The fourth-order valence-corrected chi connectivity index (χ4v) is 1.41. The van der Waals surface area contributed by atoms with Gasteiger partial charge in [-0.2, -0.15) is 0 Å². The largest absolute Gasteiger partial charge is 0.497 e. The lowest BCUT2D eigenvalue weighted by Gasteiger charge is -2.17. The van der Waals surface area contributed by atoms with Gasteiger partial charge in [-0.15, -0.1) is 0 Å². The predicted octanol–water partition coefficient (Wildman–Crippen LogP) is 0.952. The number of nitrogens with one attached hydrogen (secondary N) is 1. The maximum atomic E-state index is 5.64. The number of rotatable bonds is 2. The molecule has 0 saturated heterocycles. The smallest absolute Gasteiger partial charge is 0.171 e. The van der Waals surface area contributed by atoms with E-state index in [-0.39, 0.29) is 6.29 Å². The Labute approximate surface area is 88.5 Å². The van der Waals surface area contributed by atoms with Crippen LogP contribution in [0.25, 0.3) is 5.70 Å². The number of nitrogens with two attached hydrogens (primary N) is 1. The Morgan fingerprint density at radius 1 is 1.33 bits per heavy atom. The van der Waals surface area contributed by atoms with Gasteiger partial charge in [-0.25, -0.2) is 0 Å². The lowest BCUT2D eigenvalue weighted by molar-refractivity contribution is 0.415. The van der Waals surface area contributed by atoms with E-state index in [1.807, 2.05) is 30.3 Å². The Kier molecular flexibility index (Phi) is 2.69. The highest BCUT2D eigenvalue weighted by Crippen LogP contribution is 2.17. The lowest BCUT2D eigenvalue weighted by atomic mass is 10.1. The zero-order valence-corrected chi connectivity index (χ0v) is 8.47. The highest BCUT2D eigenvalue weighted by Gasteiger charge is 2.07. The van der Waals surface area contributed by atoms with Crippen LogP contribution in [0.5, 0.6) is 5.75 Å². The summed E-state index contributed by atoms with van der Waals surface area (Å²) >= 11 is 0. The quantitative estimate of drug-likeness (QED) is 0.752. The van der Waals surface area contributed by atoms with Crippen molar-refractivity contribution in [3.8, 4) is 5.75 Å². The second-order valence-electron chi connectivity index (χ2n) is 3.20. The first-order chi connectivity index (χ1) is 7.29. The van der Waals surface area contributed by atoms with E-state index in [4.69, 9.17) is 10.5 Å². The first-order valence-corrected chi connectivity index (χ1v) is 4.69. The molecular formula is C11H13N3O. The average molecular weight is 203 g/mol. The first kappa shape index (κ1) is 9.73. The highest BCUT2D eigenvalue weighted by atomic mass is 16.5. The minimum absolute atomic E-state index is 0.355. The molecule has 1 aliphatic rings. The number of nitrogens with zero attached hydrogens (tertiary/aromatic N) is 1. The summed E-state index contributed by atoms with van der Waals surface area (Å²) < 4.78 is 5.09. The van der Waals surface area contributed by atoms with Gasteiger partial charge >= 0.3 is 0 Å². The normalized spacial score (nSPS) is 19.3. The molecule has 0 aliphatic carbocycles. The Morgan fingerprint density at radius 2 is 2.07 bits per heavy atom. The molecule has 1 atom stereocenters. The molecule has 1 aromatic rings. The third-order valence-corrected chi connectivity index (χ3v) is 2.19. The van der Waals surface area contributed by atoms with Crippen LogP contribution in [0.1, 0.15) is 5.56 Å². The van der Waals surface area contributed by atoms with Gasteiger partial charge in [0.1, 0.15) is 5.75 Å². The van der Waals surface area contributed by atoms with Gasteiger partial charge in [-0.3, -0.25) is 10.7 Å². The SMILES string of the molecule is COc1ccc(C2=CC=NC(N)N2)cc1. The lowest BCUT2D eigenvalue weighted by Crippen LogP contribution is -2.36. The summed E-state index contributed by atoms with van der Waals surface area (Å²) in [4.78, 5) is 3.98. The van der Waals surface area contributed by atoms with Crippen LogP contribution in [0.3, 0.4) is 0 Å². The molecule has 15 heavy (non-hydrogen) atoms. The second-order valence-corrected chi connectivity index (χ2v) is 3.20. The molecule has 4 nitrogen and oxygen atoms in total. The molecule has 0 spiro atoms. The van der Waals surface area contributed by atoms with Crippen molar-refractivity contribution in [3.63, 3.8) is 0 Å². The molecule has 0 radical (unpaired) electrons. The Morgan fingerprint density at radius 3 is 2.67 bits per heavy atom. The molecule has 78 valence electrons. The summed E-state index contributed by atoms with van der Waals surface area (Å²) in [7, 11) is 1.65. The van der Waals surface area contributed by atoms with Crippen LogP contribution in [0.15, 0.2) is 35.3 Å². The molecule has 0 saturated carbocycles. The van der Waals surface area contributed by atoms with Crippen LogP contribution in [-0.4, -0.2) is 19.6 Å². The van der Waals surface area contributed by atoms with Crippen molar-refractivity contribution in [2.24, 2.45) is 10.7 Å². The van der Waals surface area contributed by atoms with Gasteiger partial charge in [0.2, 0.25) is 0 Å². The summed E-state index contributed by atoms with van der Waals surface area (Å²) in [6.07, 6.45) is 3.25. The van der Waals surface area contributed by atoms with E-state index in [1.54, 1.807) is 13.3 Å². The van der Waals surface area contributed by atoms with E-state index < -0.39 is 0 Å². The maximum Gasteiger partial charge on any atom is 0.171 e. The number of allylic oxidation sites excluding steroid dienone is 1. The predicted molar refractivity (Wildman–Crippen MR) is 60.6 cm³/mol. The van der Waals surface area contributed by atoms with Gasteiger partial charge in [-0.1, -0.05) is 0 Å². The van der Waals surface area contributed by atoms with Gasteiger partial charge in [0.05, 0.1) is 7.11 Å². The highest BCUT2D eigenvalue weighted by molar-refractivity contribution is 5.85. The molecule has 0 bridgehead atoms. The Hall–Kier alpha value is -1.81. The summed E-state index contributed by atoms with van der Waals surface area (Å²) in [5.41, 5.74) is 7.68. The molecule has 1 aromatic carbocycles. The van der Waals surface area contributed by atoms with Gasteiger partial charge < -0.3 is 10.1 Å². The van der Waals surface area contributed by atoms with Crippen LogP contribution >= 0.6 is 0 Å². The molecule has 1 heterocycles. The topological polar surface area (TPSA) is 59.6 Å². The zero-order valence-electron chi connectivity index (χ0n) is 8.47. The number of ether oxygens (including phenoxy) is 1. The van der Waals surface area contributed by atoms with Crippen molar-refractivity contribution in [2.45, 2.75) is 6.29 Å². The van der Waals surface area contributed by atoms with E-state index in [0.29, 0.717) is 0 Å². The van der Waals surface area contributed by atoms with Gasteiger partial charge in [-0.05, 0) is 35.9 Å². The number of hydrogen-bond donors (Lipinski definition) is 2. The molecule has 2 rings (SSSR count). The van der Waals surface area contributed by atoms with Crippen molar-refractivity contribution >= 4 is 11.9 Å². The summed E-state index contributed by atoms with van der Waals surface area (Å²) in [6, 6.07) is 7.78. The fourth-order valence-electron chi connectivity index (χ4n) is 1.41. The van der Waals surface area contributed by atoms with E-state index in [2.05, 4.69) is 10.3 Å². The number of methoxy groups -OCH3 is 1. The Balaban J connectivity index is 2.22. The molecule has 0 aromatic heterocycles. The van der Waals surface area contributed by atoms with Crippen LogP contribution < -0.4 is 15.8 Å². The Bertz CT molecular complexity index is 395. The van der Waals surface area contributed by atoms with Crippen LogP contribution in [0.4, 0.5) is 0 Å². The van der Waals surface area contributed by atoms with Crippen LogP contribution in [0.2, 0.25) is 0 Å². The van der Waals surface area contributed by atoms with Crippen LogP contribution in [-0.2, 0) is 0 Å². The number of benzene rings is 1. The summed E-state index contributed by atoms with van der Waals surface area (Å²) in [5.74, 6) is 0.841. The summed E-state index contributed by atoms with van der Waals surface area (Å²) in [5, 5.41) is 3.07. The average Bonchev–Trinajstić information content (AvgIpc) is 2.29. The molecule has 3 N–H and O–H groups in total. The van der Waals surface area contributed by atoms with E-state index in [0.717, 1.165) is 17.0 Å². The standard InChI is InChI=1S/C11H13N3O/c1-15-9-4-2-8(3-5-9)10-6-7-13-11(12)14-10/h2-7,11,14H,12H2,1H3. The third kappa shape index (κ3) is 2.16. The van der Waals surface area contributed by atoms with Gasteiger partial charge in [0.25, 0.3) is 0 Å². The first-order valence-electron chi connectivity index (χ1n) is 4.69. The fraction of sp³-hybridized carbons (Fsp3) is 0.182. The minimum atomic E-state index is -0.355. The number of aliphatic imine (C=N–C) groups is 1. The molecular weight excluding hydrogens is 190 g/mol. The van der Waals surface area contributed by atoms with E-state index >= 15 is 0 Å².